The summed E-state index contributed by atoms with van der Waals surface area (Å²) >= 11 is 0. The van der Waals surface area contributed by atoms with Crippen molar-refractivity contribution in [2.24, 2.45) is 4.99 Å². The van der Waals surface area contributed by atoms with Crippen molar-refractivity contribution in [1.29, 1.82) is 0 Å². The van der Waals surface area contributed by atoms with Crippen molar-refractivity contribution in [3.05, 3.63) is 35.4 Å². The van der Waals surface area contributed by atoms with Gasteiger partial charge in [0.05, 0.1) is 0 Å². The number of ether oxygens (including phenoxy) is 1. The quantitative estimate of drug-likeness (QED) is 0.364. The Bertz CT molecular complexity index is 713. The lowest BCUT2D eigenvalue weighted by Gasteiger charge is -2.24. The van der Waals surface area contributed by atoms with Crippen molar-refractivity contribution in [3.8, 4) is 0 Å². The topological polar surface area (TPSA) is 104 Å². The second kappa shape index (κ2) is 12.7. The van der Waals surface area contributed by atoms with Gasteiger partial charge in [0.15, 0.2) is 5.96 Å². The van der Waals surface area contributed by atoms with Gasteiger partial charge in [-0.25, -0.2) is 4.79 Å². The van der Waals surface area contributed by atoms with Gasteiger partial charge in [0.1, 0.15) is 5.60 Å². The molecule has 4 N–H and O–H groups in total. The van der Waals surface area contributed by atoms with Gasteiger partial charge in [-0.2, -0.15) is 0 Å². The molecule has 0 saturated carbocycles. The van der Waals surface area contributed by atoms with E-state index < -0.39 is 11.7 Å². The number of nitrogens with zero attached hydrogens (tertiary/aromatic N) is 1. The van der Waals surface area contributed by atoms with Crippen LogP contribution in [0.3, 0.4) is 0 Å². The maximum Gasteiger partial charge on any atom is 0.407 e. The number of hydrogen-bond donors (Lipinski definition) is 4. The van der Waals surface area contributed by atoms with Gasteiger partial charge in [0, 0.05) is 38.8 Å². The van der Waals surface area contributed by atoms with Crippen LogP contribution < -0.4 is 21.3 Å². The van der Waals surface area contributed by atoms with Crippen LogP contribution in [0.2, 0.25) is 0 Å². The predicted molar refractivity (Wildman–Crippen MR) is 121 cm³/mol. The Morgan fingerprint density at radius 2 is 1.93 bits per heavy atom. The molecule has 0 aliphatic heterocycles. The van der Waals surface area contributed by atoms with Crippen molar-refractivity contribution in [2.75, 3.05) is 27.2 Å². The molecule has 1 atom stereocenters. The molecule has 0 spiro atoms. The number of rotatable bonds is 9. The molecule has 30 heavy (non-hydrogen) atoms. The first-order valence-electron chi connectivity index (χ1n) is 10.4. The number of aliphatic imine (C=N–C) groups is 1. The van der Waals surface area contributed by atoms with E-state index in [1.807, 2.05) is 39.0 Å². The summed E-state index contributed by atoms with van der Waals surface area (Å²) in [6.45, 7) is 8.80. The van der Waals surface area contributed by atoms with Crippen molar-refractivity contribution in [1.82, 2.24) is 21.3 Å². The predicted octanol–water partition coefficient (Wildman–Crippen LogP) is 2.45. The third-order valence-electron chi connectivity index (χ3n) is 4.22. The number of guanidine groups is 1. The first-order chi connectivity index (χ1) is 14.2. The Morgan fingerprint density at radius 1 is 1.20 bits per heavy atom. The molecule has 0 radical (unpaired) electrons. The second-order valence-electron chi connectivity index (χ2n) is 8.04. The molecular formula is C22H37N5O3. The van der Waals surface area contributed by atoms with Crippen LogP contribution in [-0.4, -0.2) is 56.8 Å². The number of alkyl carbamates (subject to hydrolysis) is 1. The smallest absolute Gasteiger partial charge is 0.407 e. The van der Waals surface area contributed by atoms with Crippen LogP contribution in [0.25, 0.3) is 0 Å². The zero-order chi connectivity index (χ0) is 22.6. The third kappa shape index (κ3) is 10.1. The SMILES string of the molecule is CCCC(CNC(=NC)NCCc1cccc(C(=O)NC)c1)NC(=O)OC(C)(C)C. The van der Waals surface area contributed by atoms with E-state index in [0.717, 1.165) is 24.8 Å². The highest BCUT2D eigenvalue weighted by atomic mass is 16.6. The van der Waals surface area contributed by atoms with E-state index in [9.17, 15) is 9.59 Å². The fourth-order valence-electron chi connectivity index (χ4n) is 2.83. The molecule has 0 heterocycles. The number of carbonyl (C=O) groups excluding carboxylic acids is 2. The van der Waals surface area contributed by atoms with Crippen LogP contribution >= 0.6 is 0 Å². The van der Waals surface area contributed by atoms with E-state index in [1.165, 1.54) is 0 Å². The molecule has 1 unspecified atom stereocenters. The summed E-state index contributed by atoms with van der Waals surface area (Å²) in [6.07, 6.45) is 2.10. The van der Waals surface area contributed by atoms with Crippen LogP contribution in [-0.2, 0) is 11.2 Å². The van der Waals surface area contributed by atoms with E-state index in [1.54, 1.807) is 20.2 Å². The maximum absolute atomic E-state index is 12.0. The number of benzene rings is 1. The summed E-state index contributed by atoms with van der Waals surface area (Å²) in [4.78, 5) is 28.0. The van der Waals surface area contributed by atoms with E-state index in [4.69, 9.17) is 4.74 Å². The Morgan fingerprint density at radius 3 is 2.53 bits per heavy atom. The van der Waals surface area contributed by atoms with E-state index in [0.29, 0.717) is 24.6 Å². The Labute approximate surface area is 180 Å². The summed E-state index contributed by atoms with van der Waals surface area (Å²) in [5.41, 5.74) is 1.18. The molecule has 168 valence electrons. The van der Waals surface area contributed by atoms with Crippen LogP contribution in [0.5, 0.6) is 0 Å². The zero-order valence-electron chi connectivity index (χ0n) is 19.1. The lowest BCUT2D eigenvalue weighted by atomic mass is 10.1. The van der Waals surface area contributed by atoms with Crippen LogP contribution in [0.15, 0.2) is 29.3 Å². The summed E-state index contributed by atoms with van der Waals surface area (Å²) < 4.78 is 5.34. The molecule has 0 aliphatic rings. The molecule has 0 aromatic heterocycles. The lowest BCUT2D eigenvalue weighted by Crippen LogP contribution is -2.48. The van der Waals surface area contributed by atoms with Crippen LogP contribution in [0, 0.1) is 0 Å². The molecule has 0 bridgehead atoms. The number of hydrogen-bond acceptors (Lipinski definition) is 4. The maximum atomic E-state index is 12.0. The van der Waals surface area contributed by atoms with Gasteiger partial charge in [0.2, 0.25) is 0 Å². The molecule has 0 aliphatic carbocycles. The summed E-state index contributed by atoms with van der Waals surface area (Å²) in [5.74, 6) is 0.561. The fourth-order valence-corrected chi connectivity index (χ4v) is 2.83. The molecule has 0 saturated heterocycles. The fraction of sp³-hybridized carbons (Fsp3) is 0.591. The molecular weight excluding hydrogens is 382 g/mol. The Balaban J connectivity index is 2.50. The largest absolute Gasteiger partial charge is 0.444 e. The average molecular weight is 420 g/mol. The molecule has 0 fully saturated rings. The lowest BCUT2D eigenvalue weighted by molar-refractivity contribution is 0.0502. The molecule has 1 rings (SSSR count). The minimum Gasteiger partial charge on any atom is -0.444 e. The van der Waals surface area contributed by atoms with Gasteiger partial charge < -0.3 is 26.0 Å². The highest BCUT2D eigenvalue weighted by Gasteiger charge is 2.19. The van der Waals surface area contributed by atoms with Gasteiger partial charge in [-0.05, 0) is 51.3 Å². The summed E-state index contributed by atoms with van der Waals surface area (Å²) in [6, 6.07) is 7.49. The minimum absolute atomic E-state index is 0.0624. The highest BCUT2D eigenvalue weighted by molar-refractivity contribution is 5.94. The molecule has 8 nitrogen and oxygen atoms in total. The Kier molecular flexibility index (Phi) is 10.7. The van der Waals surface area contributed by atoms with Crippen molar-refractivity contribution < 1.29 is 14.3 Å². The summed E-state index contributed by atoms with van der Waals surface area (Å²) in [7, 11) is 3.33. The van der Waals surface area contributed by atoms with E-state index >= 15 is 0 Å². The van der Waals surface area contributed by atoms with Crippen molar-refractivity contribution >= 4 is 18.0 Å². The molecule has 1 aromatic rings. The Hall–Kier alpha value is -2.77. The molecule has 8 heteroatoms. The number of amides is 2. The van der Waals surface area contributed by atoms with Gasteiger partial charge >= 0.3 is 6.09 Å². The second-order valence-corrected chi connectivity index (χ2v) is 8.04. The van der Waals surface area contributed by atoms with Gasteiger partial charge in [-0.15, -0.1) is 0 Å². The number of carbonyl (C=O) groups is 2. The first kappa shape index (κ1) is 25.3. The van der Waals surface area contributed by atoms with Crippen LogP contribution in [0.4, 0.5) is 4.79 Å². The van der Waals surface area contributed by atoms with Gasteiger partial charge in [0.25, 0.3) is 5.91 Å². The van der Waals surface area contributed by atoms with E-state index in [2.05, 4.69) is 33.2 Å². The summed E-state index contributed by atoms with van der Waals surface area (Å²) in [5, 5.41) is 12.1. The standard InChI is InChI=1S/C22H37N5O3/c1-7-9-18(27-21(29)30-22(2,3)4)15-26-20(24-6)25-13-12-16-10-8-11-17(14-16)19(28)23-5/h8,10-11,14,18H,7,9,12-13,15H2,1-6H3,(H,23,28)(H,27,29)(H2,24,25,26). The van der Waals surface area contributed by atoms with E-state index in [-0.39, 0.29) is 11.9 Å². The monoisotopic (exact) mass is 419 g/mol. The third-order valence-corrected chi connectivity index (χ3v) is 4.22. The number of nitrogens with one attached hydrogen (secondary N) is 4. The highest BCUT2D eigenvalue weighted by Crippen LogP contribution is 2.08. The normalized spacial score (nSPS) is 12.7. The van der Waals surface area contributed by atoms with Gasteiger partial charge in [-0.1, -0.05) is 25.5 Å². The molecule has 2 amide bonds. The zero-order valence-corrected chi connectivity index (χ0v) is 19.1. The molecule has 1 aromatic carbocycles. The first-order valence-corrected chi connectivity index (χ1v) is 10.4. The minimum atomic E-state index is -0.527. The van der Waals surface area contributed by atoms with Crippen molar-refractivity contribution in [3.63, 3.8) is 0 Å². The average Bonchev–Trinajstić information content (AvgIpc) is 2.68. The van der Waals surface area contributed by atoms with Gasteiger partial charge in [-0.3, -0.25) is 9.79 Å². The van der Waals surface area contributed by atoms with Crippen molar-refractivity contribution in [2.45, 2.75) is 58.6 Å². The van der Waals surface area contributed by atoms with Crippen LogP contribution in [0.1, 0.15) is 56.5 Å².